The molecular formula is C12H21NO3. The van der Waals surface area contributed by atoms with E-state index < -0.39 is 12.2 Å². The number of nitrogens with zero attached hydrogens (tertiary/aromatic N) is 1. The maximum atomic E-state index is 12.1. The van der Waals surface area contributed by atoms with Gasteiger partial charge in [0.15, 0.2) is 0 Å². The molecule has 1 aliphatic heterocycles. The summed E-state index contributed by atoms with van der Waals surface area (Å²) in [5, 5.41) is 18.8. The summed E-state index contributed by atoms with van der Waals surface area (Å²) in [6.45, 7) is 2.82. The Morgan fingerprint density at radius 3 is 2.06 bits per heavy atom. The van der Waals surface area contributed by atoms with Gasteiger partial charge in [-0.25, -0.2) is 0 Å². The van der Waals surface area contributed by atoms with Crippen LogP contribution in [0.25, 0.3) is 0 Å². The van der Waals surface area contributed by atoms with Gasteiger partial charge in [-0.05, 0) is 31.6 Å². The summed E-state index contributed by atoms with van der Waals surface area (Å²) in [5.74, 6) is 0.981. The first-order chi connectivity index (χ1) is 7.58. The lowest BCUT2D eigenvalue weighted by Crippen LogP contribution is -2.36. The van der Waals surface area contributed by atoms with Gasteiger partial charge >= 0.3 is 0 Å². The second-order valence-electron chi connectivity index (χ2n) is 5.33. The van der Waals surface area contributed by atoms with Gasteiger partial charge in [-0.15, -0.1) is 0 Å². The third-order valence-electron chi connectivity index (χ3n) is 3.94. The quantitative estimate of drug-likeness (QED) is 0.680. The number of amides is 1. The van der Waals surface area contributed by atoms with Gasteiger partial charge in [0, 0.05) is 19.0 Å². The summed E-state index contributed by atoms with van der Waals surface area (Å²) in [5.41, 5.74) is 0. The zero-order valence-electron chi connectivity index (χ0n) is 9.80. The molecule has 0 radical (unpaired) electrons. The molecular weight excluding hydrogens is 206 g/mol. The van der Waals surface area contributed by atoms with Gasteiger partial charge in [0.05, 0.1) is 12.2 Å². The molecule has 1 amide bonds. The van der Waals surface area contributed by atoms with E-state index >= 15 is 0 Å². The van der Waals surface area contributed by atoms with Crippen LogP contribution < -0.4 is 0 Å². The van der Waals surface area contributed by atoms with Crippen molar-refractivity contribution in [1.82, 2.24) is 4.90 Å². The van der Waals surface area contributed by atoms with Gasteiger partial charge < -0.3 is 15.1 Å². The second kappa shape index (κ2) is 4.72. The largest absolute Gasteiger partial charge is 0.388 e. The highest BCUT2D eigenvalue weighted by Gasteiger charge is 2.36. The number of rotatable bonds is 1. The van der Waals surface area contributed by atoms with E-state index in [2.05, 4.69) is 6.92 Å². The zero-order valence-corrected chi connectivity index (χ0v) is 9.80. The lowest BCUT2D eigenvalue weighted by atomic mass is 9.82. The lowest BCUT2D eigenvalue weighted by Gasteiger charge is -2.28. The Morgan fingerprint density at radius 1 is 1.06 bits per heavy atom. The number of carbonyl (C=O) groups excluding carboxylic acids is 1. The van der Waals surface area contributed by atoms with Gasteiger partial charge in [-0.2, -0.15) is 0 Å². The van der Waals surface area contributed by atoms with E-state index in [4.69, 9.17) is 0 Å². The average Bonchev–Trinajstić information content (AvgIpc) is 2.59. The fourth-order valence-corrected chi connectivity index (χ4v) is 2.71. The van der Waals surface area contributed by atoms with Crippen LogP contribution in [0.15, 0.2) is 0 Å². The first kappa shape index (κ1) is 11.9. The highest BCUT2D eigenvalue weighted by molar-refractivity contribution is 5.79. The number of aliphatic hydroxyl groups excluding tert-OH is 2. The Balaban J connectivity index is 1.88. The maximum Gasteiger partial charge on any atom is 0.225 e. The van der Waals surface area contributed by atoms with Crippen molar-refractivity contribution in [3.8, 4) is 0 Å². The summed E-state index contributed by atoms with van der Waals surface area (Å²) in [4.78, 5) is 13.7. The Hall–Kier alpha value is -0.610. The van der Waals surface area contributed by atoms with Crippen molar-refractivity contribution in [3.63, 3.8) is 0 Å². The number of aliphatic hydroxyl groups is 2. The molecule has 2 fully saturated rings. The molecule has 4 nitrogen and oxygen atoms in total. The number of likely N-dealkylation sites (tertiary alicyclic amines) is 1. The molecule has 16 heavy (non-hydrogen) atoms. The molecule has 0 aromatic heterocycles. The molecule has 0 aromatic rings. The van der Waals surface area contributed by atoms with Gasteiger partial charge in [-0.3, -0.25) is 4.79 Å². The molecule has 2 atom stereocenters. The predicted octanol–water partition coefficient (Wildman–Crippen LogP) is 0.377. The average molecular weight is 227 g/mol. The standard InChI is InChI=1S/C12H21NO3/c1-8-2-4-9(5-3-8)12(16)13-6-10(14)11(15)7-13/h8-11,14-15H,2-7H2,1H3/t8?,9?,10-,11+. The van der Waals surface area contributed by atoms with Crippen molar-refractivity contribution >= 4 is 5.91 Å². The minimum Gasteiger partial charge on any atom is -0.388 e. The molecule has 92 valence electrons. The van der Waals surface area contributed by atoms with Crippen LogP contribution in [0.1, 0.15) is 32.6 Å². The smallest absolute Gasteiger partial charge is 0.225 e. The molecule has 1 aliphatic carbocycles. The first-order valence-electron chi connectivity index (χ1n) is 6.23. The minimum atomic E-state index is -0.758. The molecule has 2 aliphatic rings. The minimum absolute atomic E-state index is 0.119. The lowest BCUT2D eigenvalue weighted by molar-refractivity contribution is -0.136. The van der Waals surface area contributed by atoms with Crippen LogP contribution in [0.2, 0.25) is 0 Å². The van der Waals surface area contributed by atoms with Crippen molar-refractivity contribution in [3.05, 3.63) is 0 Å². The van der Waals surface area contributed by atoms with Crippen LogP contribution in [-0.4, -0.2) is 46.3 Å². The van der Waals surface area contributed by atoms with Crippen molar-refractivity contribution in [1.29, 1.82) is 0 Å². The molecule has 1 saturated heterocycles. The molecule has 4 heteroatoms. The van der Waals surface area contributed by atoms with Crippen LogP contribution in [0, 0.1) is 11.8 Å². The fraction of sp³-hybridized carbons (Fsp3) is 0.917. The van der Waals surface area contributed by atoms with E-state index in [1.807, 2.05) is 0 Å². The maximum absolute atomic E-state index is 12.1. The van der Waals surface area contributed by atoms with E-state index in [0.29, 0.717) is 13.1 Å². The normalized spacial score (nSPS) is 40.1. The molecule has 0 spiro atoms. The highest BCUT2D eigenvalue weighted by Crippen LogP contribution is 2.30. The summed E-state index contributed by atoms with van der Waals surface area (Å²) < 4.78 is 0. The fourth-order valence-electron chi connectivity index (χ4n) is 2.71. The van der Waals surface area contributed by atoms with Crippen molar-refractivity contribution in [2.24, 2.45) is 11.8 Å². The Labute approximate surface area is 96.3 Å². The SMILES string of the molecule is CC1CCC(C(=O)N2C[C@@H](O)[C@@H](O)C2)CC1. The number of β-amino-alcohol motifs (C(OH)–C–C–N with tert-alkyl or cyclic N) is 2. The Morgan fingerprint density at radius 2 is 1.56 bits per heavy atom. The van der Waals surface area contributed by atoms with E-state index in [9.17, 15) is 15.0 Å². The van der Waals surface area contributed by atoms with Crippen molar-refractivity contribution in [2.45, 2.75) is 44.8 Å². The molecule has 1 saturated carbocycles. The molecule has 2 rings (SSSR count). The predicted molar refractivity (Wildman–Crippen MR) is 59.7 cm³/mol. The topological polar surface area (TPSA) is 60.8 Å². The third-order valence-corrected chi connectivity index (χ3v) is 3.94. The van der Waals surface area contributed by atoms with E-state index in [-0.39, 0.29) is 11.8 Å². The van der Waals surface area contributed by atoms with Crippen LogP contribution in [0.3, 0.4) is 0 Å². The van der Waals surface area contributed by atoms with Gasteiger partial charge in [0.1, 0.15) is 0 Å². The monoisotopic (exact) mass is 227 g/mol. The van der Waals surface area contributed by atoms with E-state index in [1.54, 1.807) is 4.90 Å². The van der Waals surface area contributed by atoms with Crippen LogP contribution in [0.5, 0.6) is 0 Å². The van der Waals surface area contributed by atoms with Crippen LogP contribution >= 0.6 is 0 Å². The zero-order chi connectivity index (χ0) is 11.7. The molecule has 1 heterocycles. The van der Waals surface area contributed by atoms with E-state index in [0.717, 1.165) is 31.6 Å². The van der Waals surface area contributed by atoms with Gasteiger partial charge in [0.25, 0.3) is 0 Å². The second-order valence-corrected chi connectivity index (χ2v) is 5.33. The number of hydrogen-bond acceptors (Lipinski definition) is 3. The molecule has 2 N–H and O–H groups in total. The van der Waals surface area contributed by atoms with Gasteiger partial charge in [-0.1, -0.05) is 6.92 Å². The molecule has 0 unspecified atom stereocenters. The number of carbonyl (C=O) groups is 1. The van der Waals surface area contributed by atoms with Crippen LogP contribution in [-0.2, 0) is 4.79 Å². The Kier molecular flexibility index (Phi) is 3.50. The summed E-state index contributed by atoms with van der Waals surface area (Å²) >= 11 is 0. The summed E-state index contributed by atoms with van der Waals surface area (Å²) in [7, 11) is 0. The summed E-state index contributed by atoms with van der Waals surface area (Å²) in [6, 6.07) is 0. The van der Waals surface area contributed by atoms with Crippen molar-refractivity contribution < 1.29 is 15.0 Å². The Bertz CT molecular complexity index is 251. The van der Waals surface area contributed by atoms with Crippen molar-refractivity contribution in [2.75, 3.05) is 13.1 Å². The molecule has 0 bridgehead atoms. The highest BCUT2D eigenvalue weighted by atomic mass is 16.3. The summed E-state index contributed by atoms with van der Waals surface area (Å²) in [6.07, 6.45) is 2.65. The third kappa shape index (κ3) is 2.38. The number of hydrogen-bond donors (Lipinski definition) is 2. The molecule has 0 aromatic carbocycles. The first-order valence-corrected chi connectivity index (χ1v) is 6.23. The van der Waals surface area contributed by atoms with Crippen LogP contribution in [0.4, 0.5) is 0 Å². The van der Waals surface area contributed by atoms with Gasteiger partial charge in [0.2, 0.25) is 5.91 Å². The van der Waals surface area contributed by atoms with E-state index in [1.165, 1.54) is 0 Å².